The Labute approximate surface area is 147 Å². The Morgan fingerprint density at radius 1 is 1.08 bits per heavy atom. The van der Waals surface area contributed by atoms with Crippen molar-refractivity contribution >= 4 is 17.6 Å². The number of carbonyl (C=O) groups is 2. The van der Waals surface area contributed by atoms with Crippen LogP contribution in [0.2, 0.25) is 0 Å². The summed E-state index contributed by atoms with van der Waals surface area (Å²) in [7, 11) is 0. The second-order valence-electron chi connectivity index (χ2n) is 5.18. The molecule has 3 aromatic rings. The summed E-state index contributed by atoms with van der Waals surface area (Å²) < 4.78 is 0. The number of carboxylic acids is 1. The molecule has 26 heavy (non-hydrogen) atoms. The van der Waals surface area contributed by atoms with Gasteiger partial charge < -0.3 is 10.4 Å². The molecule has 2 N–H and O–H groups in total. The Balaban J connectivity index is 1.90. The summed E-state index contributed by atoms with van der Waals surface area (Å²) >= 11 is 0. The fraction of sp³-hybridized carbons (Fsp3) is 0. The van der Waals surface area contributed by atoms with Crippen molar-refractivity contribution in [1.82, 2.24) is 15.0 Å². The number of carbonyl (C=O) groups excluding carboxylic acids is 1. The van der Waals surface area contributed by atoms with E-state index in [1.165, 1.54) is 36.8 Å². The Kier molecular flexibility index (Phi) is 4.63. The number of nitrogens with zero attached hydrogens (tertiary/aromatic N) is 4. The fourth-order valence-electron chi connectivity index (χ4n) is 2.25. The minimum absolute atomic E-state index is 0.0893. The van der Waals surface area contributed by atoms with Gasteiger partial charge in [0, 0.05) is 30.4 Å². The molecule has 0 atom stereocenters. The van der Waals surface area contributed by atoms with Crippen molar-refractivity contribution in [3.8, 4) is 17.3 Å². The van der Waals surface area contributed by atoms with E-state index in [1.54, 1.807) is 18.5 Å². The molecule has 0 aliphatic rings. The molecule has 0 fully saturated rings. The molecule has 2 heterocycles. The molecule has 0 spiro atoms. The minimum atomic E-state index is -1.25. The van der Waals surface area contributed by atoms with Gasteiger partial charge in [-0.3, -0.25) is 19.7 Å². The number of hydrogen-bond acceptors (Lipinski definition) is 6. The van der Waals surface area contributed by atoms with Crippen LogP contribution in [0.5, 0.6) is 0 Å². The van der Waals surface area contributed by atoms with Crippen LogP contribution in [0.3, 0.4) is 0 Å². The SMILES string of the molecule is N#Cc1ccc(NC(=O)c2cncc(-c3cnccn3)c2)c(C(=O)O)c1. The lowest BCUT2D eigenvalue weighted by atomic mass is 10.1. The zero-order valence-electron chi connectivity index (χ0n) is 13.2. The van der Waals surface area contributed by atoms with E-state index in [9.17, 15) is 14.7 Å². The Bertz CT molecular complexity index is 1030. The number of pyridine rings is 1. The van der Waals surface area contributed by atoms with Crippen LogP contribution in [-0.2, 0) is 0 Å². The molecule has 0 aliphatic carbocycles. The number of nitrogens with one attached hydrogen (secondary N) is 1. The van der Waals surface area contributed by atoms with E-state index in [-0.39, 0.29) is 22.4 Å². The first-order valence-electron chi connectivity index (χ1n) is 7.38. The van der Waals surface area contributed by atoms with Crippen LogP contribution in [0.25, 0.3) is 11.3 Å². The molecule has 2 aromatic heterocycles. The molecule has 3 rings (SSSR count). The average Bonchev–Trinajstić information content (AvgIpc) is 2.69. The highest BCUT2D eigenvalue weighted by molar-refractivity contribution is 6.08. The quantitative estimate of drug-likeness (QED) is 0.742. The monoisotopic (exact) mass is 345 g/mol. The first-order valence-corrected chi connectivity index (χ1v) is 7.38. The van der Waals surface area contributed by atoms with Crippen molar-refractivity contribution in [3.05, 3.63) is 71.9 Å². The molecular weight excluding hydrogens is 334 g/mol. The zero-order valence-corrected chi connectivity index (χ0v) is 13.2. The second kappa shape index (κ2) is 7.19. The molecule has 0 saturated carbocycles. The predicted octanol–water partition coefficient (Wildman–Crippen LogP) is 2.36. The van der Waals surface area contributed by atoms with Gasteiger partial charge in [-0.25, -0.2) is 4.79 Å². The Morgan fingerprint density at radius 3 is 2.62 bits per heavy atom. The number of hydrogen-bond donors (Lipinski definition) is 2. The highest BCUT2D eigenvalue weighted by Crippen LogP contribution is 2.20. The molecule has 0 bridgehead atoms. The van der Waals surface area contributed by atoms with Crippen molar-refractivity contribution in [3.63, 3.8) is 0 Å². The summed E-state index contributed by atoms with van der Waals surface area (Å²) in [6, 6.07) is 7.44. The van der Waals surface area contributed by atoms with Gasteiger partial charge in [-0.1, -0.05) is 0 Å². The molecule has 1 amide bonds. The number of aromatic carboxylic acids is 1. The lowest BCUT2D eigenvalue weighted by molar-refractivity contribution is 0.0698. The van der Waals surface area contributed by atoms with Crippen LogP contribution in [0, 0.1) is 11.3 Å². The first-order chi connectivity index (χ1) is 12.6. The summed E-state index contributed by atoms with van der Waals surface area (Å²) in [5.74, 6) is -1.78. The Hall–Kier alpha value is -4.12. The van der Waals surface area contributed by atoms with E-state index in [2.05, 4.69) is 20.3 Å². The highest BCUT2D eigenvalue weighted by Gasteiger charge is 2.15. The van der Waals surface area contributed by atoms with Crippen LogP contribution >= 0.6 is 0 Å². The highest BCUT2D eigenvalue weighted by atomic mass is 16.4. The van der Waals surface area contributed by atoms with Crippen molar-refractivity contribution in [2.75, 3.05) is 5.32 Å². The molecule has 8 heteroatoms. The normalized spacial score (nSPS) is 9.96. The molecular formula is C18H11N5O3. The molecule has 0 saturated heterocycles. The van der Waals surface area contributed by atoms with Gasteiger partial charge in [-0.15, -0.1) is 0 Å². The molecule has 8 nitrogen and oxygen atoms in total. The molecule has 0 radical (unpaired) electrons. The molecule has 126 valence electrons. The Morgan fingerprint density at radius 2 is 1.92 bits per heavy atom. The molecule has 0 aliphatic heterocycles. The van der Waals surface area contributed by atoms with E-state index in [0.29, 0.717) is 11.3 Å². The van der Waals surface area contributed by atoms with Crippen molar-refractivity contribution < 1.29 is 14.7 Å². The van der Waals surface area contributed by atoms with E-state index in [4.69, 9.17) is 5.26 Å². The van der Waals surface area contributed by atoms with Gasteiger partial charge in [0.25, 0.3) is 5.91 Å². The van der Waals surface area contributed by atoms with E-state index in [1.807, 2.05) is 6.07 Å². The lowest BCUT2D eigenvalue weighted by Crippen LogP contribution is -2.15. The van der Waals surface area contributed by atoms with Gasteiger partial charge in [0.15, 0.2) is 0 Å². The maximum Gasteiger partial charge on any atom is 0.337 e. The van der Waals surface area contributed by atoms with Crippen LogP contribution < -0.4 is 5.32 Å². The number of anilines is 1. The standard InChI is InChI=1S/C18H11N5O3/c19-7-11-1-2-15(14(5-11)18(25)26)23-17(24)13-6-12(8-21-9-13)16-10-20-3-4-22-16/h1-6,8-10H,(H,23,24)(H,25,26). The van der Waals surface area contributed by atoms with Crippen molar-refractivity contribution in [2.45, 2.75) is 0 Å². The van der Waals surface area contributed by atoms with Gasteiger partial charge in [-0.05, 0) is 24.3 Å². The van der Waals surface area contributed by atoms with Crippen LogP contribution in [0.15, 0.2) is 55.2 Å². The number of benzene rings is 1. The maximum atomic E-state index is 12.5. The van der Waals surface area contributed by atoms with E-state index in [0.717, 1.165) is 0 Å². The fourth-order valence-corrected chi connectivity index (χ4v) is 2.25. The summed E-state index contributed by atoms with van der Waals surface area (Å²) in [5.41, 5.74) is 1.49. The molecule has 0 unspecified atom stereocenters. The van der Waals surface area contributed by atoms with E-state index < -0.39 is 11.9 Å². The van der Waals surface area contributed by atoms with Crippen molar-refractivity contribution in [1.29, 1.82) is 5.26 Å². The van der Waals surface area contributed by atoms with Crippen LogP contribution in [-0.4, -0.2) is 31.9 Å². The lowest BCUT2D eigenvalue weighted by Gasteiger charge is -2.09. The van der Waals surface area contributed by atoms with Gasteiger partial charge in [0.1, 0.15) is 0 Å². The van der Waals surface area contributed by atoms with Gasteiger partial charge in [-0.2, -0.15) is 5.26 Å². The number of nitriles is 1. The summed E-state index contributed by atoms with van der Waals surface area (Å²) in [6.07, 6.45) is 7.51. The van der Waals surface area contributed by atoms with Gasteiger partial charge in [0.05, 0.1) is 40.3 Å². The van der Waals surface area contributed by atoms with Crippen molar-refractivity contribution in [2.24, 2.45) is 0 Å². The predicted molar refractivity (Wildman–Crippen MR) is 91.3 cm³/mol. The summed E-state index contributed by atoms with van der Waals surface area (Å²) in [6.45, 7) is 0. The zero-order chi connectivity index (χ0) is 18.5. The third-order valence-corrected chi connectivity index (χ3v) is 3.49. The third-order valence-electron chi connectivity index (χ3n) is 3.49. The summed E-state index contributed by atoms with van der Waals surface area (Å²) in [5, 5.41) is 20.7. The van der Waals surface area contributed by atoms with Gasteiger partial charge in [0.2, 0.25) is 0 Å². The topological polar surface area (TPSA) is 129 Å². The smallest absolute Gasteiger partial charge is 0.337 e. The number of carboxylic acid groups (broad SMARTS) is 1. The number of amides is 1. The maximum absolute atomic E-state index is 12.5. The first kappa shape index (κ1) is 16.7. The minimum Gasteiger partial charge on any atom is -0.478 e. The summed E-state index contributed by atoms with van der Waals surface area (Å²) in [4.78, 5) is 36.0. The number of aromatic nitrogens is 3. The van der Waals surface area contributed by atoms with Crippen LogP contribution in [0.4, 0.5) is 5.69 Å². The molecule has 1 aromatic carbocycles. The average molecular weight is 345 g/mol. The van der Waals surface area contributed by atoms with Crippen LogP contribution in [0.1, 0.15) is 26.3 Å². The third kappa shape index (κ3) is 3.52. The van der Waals surface area contributed by atoms with E-state index >= 15 is 0 Å². The second-order valence-corrected chi connectivity index (χ2v) is 5.18. The largest absolute Gasteiger partial charge is 0.478 e. The van der Waals surface area contributed by atoms with Gasteiger partial charge >= 0.3 is 5.97 Å². The number of rotatable bonds is 4.